The van der Waals surface area contributed by atoms with Gasteiger partial charge >= 0.3 is 5.97 Å². The summed E-state index contributed by atoms with van der Waals surface area (Å²) in [5, 5.41) is 8.47. The zero-order valence-electron chi connectivity index (χ0n) is 11.5. The number of nitrogens with zero attached hydrogens (tertiary/aromatic N) is 2. The fourth-order valence-electron chi connectivity index (χ4n) is 2.26. The van der Waals surface area contributed by atoms with E-state index in [2.05, 4.69) is 5.10 Å². The molecule has 0 unspecified atom stereocenters. The molecule has 0 saturated carbocycles. The standard InChI is InChI=1S/C14H16N2O3S/c1-3-18-14(17)11-12(10-5-7-20-8-10)15-16-6-4-9(2)19-13(11)16/h5,7-9H,3-4,6H2,1-2H3/t9-/m1/s1. The van der Waals surface area contributed by atoms with Crippen LogP contribution in [0.4, 0.5) is 0 Å². The normalized spacial score (nSPS) is 17.4. The summed E-state index contributed by atoms with van der Waals surface area (Å²) in [7, 11) is 0. The van der Waals surface area contributed by atoms with Crippen LogP contribution in [-0.2, 0) is 11.3 Å². The minimum atomic E-state index is -0.371. The van der Waals surface area contributed by atoms with E-state index in [1.807, 2.05) is 23.8 Å². The molecular formula is C14H16N2O3S. The number of fused-ring (bicyclic) bond motifs is 1. The van der Waals surface area contributed by atoms with Crippen molar-refractivity contribution in [3.63, 3.8) is 0 Å². The fraction of sp³-hybridized carbons (Fsp3) is 0.429. The molecule has 0 saturated heterocycles. The van der Waals surface area contributed by atoms with Crippen LogP contribution in [0.5, 0.6) is 5.88 Å². The number of ether oxygens (including phenoxy) is 2. The van der Waals surface area contributed by atoms with Gasteiger partial charge in [0.15, 0.2) is 0 Å². The smallest absolute Gasteiger partial charge is 0.345 e. The molecule has 6 heteroatoms. The fourth-order valence-corrected chi connectivity index (χ4v) is 2.90. The van der Waals surface area contributed by atoms with Gasteiger partial charge in [-0.05, 0) is 25.3 Å². The molecule has 0 amide bonds. The molecule has 0 bridgehead atoms. The number of rotatable bonds is 3. The first kappa shape index (κ1) is 13.2. The van der Waals surface area contributed by atoms with Crippen molar-refractivity contribution in [2.24, 2.45) is 0 Å². The average Bonchev–Trinajstić information content (AvgIpc) is 3.05. The third kappa shape index (κ3) is 2.20. The van der Waals surface area contributed by atoms with E-state index in [1.165, 1.54) is 0 Å². The van der Waals surface area contributed by atoms with E-state index < -0.39 is 0 Å². The van der Waals surface area contributed by atoms with Crippen molar-refractivity contribution < 1.29 is 14.3 Å². The van der Waals surface area contributed by atoms with Crippen LogP contribution in [0, 0.1) is 0 Å². The van der Waals surface area contributed by atoms with Gasteiger partial charge in [0, 0.05) is 23.9 Å². The molecular weight excluding hydrogens is 276 g/mol. The van der Waals surface area contributed by atoms with Gasteiger partial charge in [-0.1, -0.05) is 0 Å². The Kier molecular flexibility index (Phi) is 3.48. The van der Waals surface area contributed by atoms with Gasteiger partial charge in [0.1, 0.15) is 11.3 Å². The molecule has 2 aromatic heterocycles. The van der Waals surface area contributed by atoms with Crippen LogP contribution < -0.4 is 4.74 Å². The van der Waals surface area contributed by atoms with Crippen molar-refractivity contribution >= 4 is 17.3 Å². The lowest BCUT2D eigenvalue weighted by atomic mass is 10.1. The van der Waals surface area contributed by atoms with E-state index >= 15 is 0 Å². The van der Waals surface area contributed by atoms with Crippen LogP contribution in [0.25, 0.3) is 11.3 Å². The lowest BCUT2D eigenvalue weighted by Gasteiger charge is -2.21. The van der Waals surface area contributed by atoms with E-state index in [4.69, 9.17) is 9.47 Å². The second-order valence-electron chi connectivity index (χ2n) is 4.70. The Labute approximate surface area is 121 Å². The predicted octanol–water partition coefficient (Wildman–Crippen LogP) is 2.96. The van der Waals surface area contributed by atoms with Gasteiger partial charge in [0.25, 0.3) is 0 Å². The predicted molar refractivity (Wildman–Crippen MR) is 76.2 cm³/mol. The molecule has 0 radical (unpaired) electrons. The molecule has 1 aliphatic heterocycles. The van der Waals surface area contributed by atoms with Crippen molar-refractivity contribution in [2.45, 2.75) is 32.9 Å². The first-order valence-corrected chi connectivity index (χ1v) is 7.62. The highest BCUT2D eigenvalue weighted by molar-refractivity contribution is 7.08. The summed E-state index contributed by atoms with van der Waals surface area (Å²) in [6.07, 6.45) is 0.975. The second-order valence-corrected chi connectivity index (χ2v) is 5.48. The van der Waals surface area contributed by atoms with Crippen LogP contribution >= 0.6 is 11.3 Å². The van der Waals surface area contributed by atoms with E-state index in [1.54, 1.807) is 22.9 Å². The molecule has 0 N–H and O–H groups in total. The van der Waals surface area contributed by atoms with Gasteiger partial charge in [-0.3, -0.25) is 0 Å². The zero-order chi connectivity index (χ0) is 14.1. The Morgan fingerprint density at radius 2 is 2.50 bits per heavy atom. The third-order valence-electron chi connectivity index (χ3n) is 3.24. The van der Waals surface area contributed by atoms with Gasteiger partial charge in [-0.2, -0.15) is 16.4 Å². The number of thiophene rings is 1. The van der Waals surface area contributed by atoms with E-state index in [-0.39, 0.29) is 12.1 Å². The molecule has 1 atom stereocenters. The van der Waals surface area contributed by atoms with Crippen molar-refractivity contribution in [1.82, 2.24) is 9.78 Å². The lowest BCUT2D eigenvalue weighted by Crippen LogP contribution is -2.24. The van der Waals surface area contributed by atoms with Crippen molar-refractivity contribution in [1.29, 1.82) is 0 Å². The Morgan fingerprint density at radius 1 is 1.65 bits per heavy atom. The number of hydrogen-bond donors (Lipinski definition) is 0. The van der Waals surface area contributed by atoms with E-state index in [9.17, 15) is 4.79 Å². The molecule has 0 aliphatic carbocycles. The molecule has 5 nitrogen and oxygen atoms in total. The van der Waals surface area contributed by atoms with E-state index in [0.29, 0.717) is 23.7 Å². The summed E-state index contributed by atoms with van der Waals surface area (Å²) in [6, 6.07) is 1.95. The molecule has 2 aromatic rings. The number of aryl methyl sites for hydroxylation is 1. The van der Waals surface area contributed by atoms with Gasteiger partial charge in [-0.15, -0.1) is 0 Å². The number of hydrogen-bond acceptors (Lipinski definition) is 5. The molecule has 3 heterocycles. The Morgan fingerprint density at radius 3 is 3.20 bits per heavy atom. The second kappa shape index (κ2) is 5.28. The summed E-state index contributed by atoms with van der Waals surface area (Å²) >= 11 is 1.57. The minimum Gasteiger partial charge on any atom is -0.474 e. The maximum Gasteiger partial charge on any atom is 0.345 e. The van der Waals surface area contributed by atoms with E-state index in [0.717, 1.165) is 18.5 Å². The highest BCUT2D eigenvalue weighted by Crippen LogP contribution is 2.35. The van der Waals surface area contributed by atoms with Crippen LogP contribution in [0.15, 0.2) is 16.8 Å². The first-order valence-electron chi connectivity index (χ1n) is 6.67. The molecule has 20 heavy (non-hydrogen) atoms. The molecule has 106 valence electrons. The molecule has 0 spiro atoms. The topological polar surface area (TPSA) is 53.3 Å². The average molecular weight is 292 g/mol. The van der Waals surface area contributed by atoms with Gasteiger partial charge in [-0.25, -0.2) is 9.48 Å². The van der Waals surface area contributed by atoms with Crippen LogP contribution in [0.1, 0.15) is 30.6 Å². The van der Waals surface area contributed by atoms with Crippen LogP contribution in [0.2, 0.25) is 0 Å². The van der Waals surface area contributed by atoms with Crippen molar-refractivity contribution in [3.05, 3.63) is 22.4 Å². The zero-order valence-corrected chi connectivity index (χ0v) is 12.3. The van der Waals surface area contributed by atoms with Crippen LogP contribution in [0.3, 0.4) is 0 Å². The number of carbonyl (C=O) groups excluding carboxylic acids is 1. The maximum atomic E-state index is 12.2. The minimum absolute atomic E-state index is 0.0858. The quantitative estimate of drug-likeness (QED) is 0.816. The van der Waals surface area contributed by atoms with Crippen molar-refractivity contribution in [3.8, 4) is 17.1 Å². The molecule has 0 fully saturated rings. The summed E-state index contributed by atoms with van der Waals surface area (Å²) in [5.41, 5.74) is 2.02. The van der Waals surface area contributed by atoms with Gasteiger partial charge in [0.2, 0.25) is 5.88 Å². The number of aromatic nitrogens is 2. The number of esters is 1. The highest BCUT2D eigenvalue weighted by atomic mass is 32.1. The molecule has 0 aromatic carbocycles. The summed E-state index contributed by atoms with van der Waals surface area (Å²) in [6.45, 7) is 4.88. The summed E-state index contributed by atoms with van der Waals surface area (Å²) < 4.78 is 12.7. The number of carbonyl (C=O) groups is 1. The maximum absolute atomic E-state index is 12.2. The largest absolute Gasteiger partial charge is 0.474 e. The Bertz CT molecular complexity index is 619. The van der Waals surface area contributed by atoms with Gasteiger partial charge in [0.05, 0.1) is 12.7 Å². The Hall–Kier alpha value is -1.82. The SMILES string of the molecule is CCOC(=O)c1c(-c2ccsc2)nn2c1O[C@H](C)CC2. The highest BCUT2D eigenvalue weighted by Gasteiger charge is 2.30. The first-order chi connectivity index (χ1) is 9.70. The summed E-state index contributed by atoms with van der Waals surface area (Å²) in [5.74, 6) is 0.160. The lowest BCUT2D eigenvalue weighted by molar-refractivity contribution is 0.0515. The monoisotopic (exact) mass is 292 g/mol. The Balaban J connectivity index is 2.12. The third-order valence-corrected chi connectivity index (χ3v) is 3.92. The van der Waals surface area contributed by atoms with Crippen LogP contribution in [-0.4, -0.2) is 28.5 Å². The van der Waals surface area contributed by atoms with Crippen molar-refractivity contribution in [2.75, 3.05) is 6.61 Å². The summed E-state index contributed by atoms with van der Waals surface area (Å²) in [4.78, 5) is 12.2. The molecule has 3 rings (SSSR count). The molecule has 1 aliphatic rings. The van der Waals surface area contributed by atoms with Gasteiger partial charge < -0.3 is 9.47 Å².